The molecule has 0 radical (unpaired) electrons. The maximum absolute atomic E-state index is 12.1. The molecule has 1 aromatic heterocycles. The first-order valence-corrected chi connectivity index (χ1v) is 6.95. The van der Waals surface area contributed by atoms with Crippen molar-refractivity contribution >= 4 is 12.0 Å². The summed E-state index contributed by atoms with van der Waals surface area (Å²) in [6, 6.07) is 3.75. The van der Waals surface area contributed by atoms with Crippen molar-refractivity contribution in [2.24, 2.45) is 7.05 Å². The molecule has 110 valence electrons. The van der Waals surface area contributed by atoms with E-state index in [-0.39, 0.29) is 18.0 Å². The largest absolute Gasteiger partial charge is 0.450 e. The summed E-state index contributed by atoms with van der Waals surface area (Å²) in [6.07, 6.45) is 3.10. The van der Waals surface area contributed by atoms with Gasteiger partial charge in [0.1, 0.15) is 5.69 Å². The van der Waals surface area contributed by atoms with Crippen LogP contribution in [0.1, 0.15) is 30.3 Å². The van der Waals surface area contributed by atoms with Crippen molar-refractivity contribution in [1.82, 2.24) is 14.8 Å². The molecule has 0 saturated carbocycles. The third kappa shape index (κ3) is 3.31. The molecule has 6 heteroatoms. The van der Waals surface area contributed by atoms with Crippen LogP contribution < -0.4 is 5.32 Å². The quantitative estimate of drug-likeness (QED) is 0.909. The Balaban J connectivity index is 1.81. The van der Waals surface area contributed by atoms with E-state index in [9.17, 15) is 9.59 Å². The molecule has 2 amide bonds. The van der Waals surface area contributed by atoms with Gasteiger partial charge in [0, 0.05) is 32.4 Å². The van der Waals surface area contributed by atoms with Crippen LogP contribution in [0, 0.1) is 0 Å². The topological polar surface area (TPSA) is 63.6 Å². The Morgan fingerprint density at radius 2 is 2.10 bits per heavy atom. The molecule has 1 saturated heterocycles. The second-order valence-corrected chi connectivity index (χ2v) is 4.94. The van der Waals surface area contributed by atoms with Gasteiger partial charge in [0.05, 0.1) is 6.61 Å². The standard InChI is InChI=1S/C14H21N3O3/c1-3-20-14(19)17-9-6-11(7-10-17)15-13(18)12-5-4-8-16(12)2/h4-5,8,11H,3,6-7,9-10H2,1-2H3,(H,15,18). The monoisotopic (exact) mass is 279 g/mol. The van der Waals surface area contributed by atoms with Crippen LogP contribution in [0.3, 0.4) is 0 Å². The van der Waals surface area contributed by atoms with Crippen LogP contribution in [0.5, 0.6) is 0 Å². The fourth-order valence-electron chi connectivity index (χ4n) is 2.38. The van der Waals surface area contributed by atoms with Gasteiger partial charge in [-0.1, -0.05) is 0 Å². The number of piperidine rings is 1. The number of aryl methyl sites for hydroxylation is 1. The fraction of sp³-hybridized carbons (Fsp3) is 0.571. The third-order valence-electron chi connectivity index (χ3n) is 3.53. The van der Waals surface area contributed by atoms with E-state index < -0.39 is 0 Å². The lowest BCUT2D eigenvalue weighted by molar-refractivity contribution is 0.0854. The number of carbonyl (C=O) groups is 2. The van der Waals surface area contributed by atoms with Gasteiger partial charge in [0.25, 0.3) is 5.91 Å². The molecule has 2 heterocycles. The van der Waals surface area contributed by atoms with E-state index in [2.05, 4.69) is 5.32 Å². The number of hydrogen-bond donors (Lipinski definition) is 1. The summed E-state index contributed by atoms with van der Waals surface area (Å²) >= 11 is 0. The summed E-state index contributed by atoms with van der Waals surface area (Å²) in [7, 11) is 1.85. The van der Waals surface area contributed by atoms with Crippen LogP contribution >= 0.6 is 0 Å². The predicted octanol–water partition coefficient (Wildman–Crippen LogP) is 1.38. The van der Waals surface area contributed by atoms with Gasteiger partial charge in [-0.2, -0.15) is 0 Å². The molecule has 1 aliphatic heterocycles. The lowest BCUT2D eigenvalue weighted by atomic mass is 10.1. The normalized spacial score (nSPS) is 16.0. The van der Waals surface area contributed by atoms with Gasteiger partial charge in [-0.25, -0.2) is 4.79 Å². The van der Waals surface area contributed by atoms with Crippen molar-refractivity contribution in [3.05, 3.63) is 24.0 Å². The Kier molecular flexibility index (Phi) is 4.65. The Labute approximate surface area is 118 Å². The van der Waals surface area contributed by atoms with Crippen molar-refractivity contribution in [2.45, 2.75) is 25.8 Å². The molecule has 1 fully saturated rings. The fourth-order valence-corrected chi connectivity index (χ4v) is 2.38. The number of likely N-dealkylation sites (tertiary alicyclic amines) is 1. The number of aromatic nitrogens is 1. The molecule has 0 aliphatic carbocycles. The molecular weight excluding hydrogens is 258 g/mol. The van der Waals surface area contributed by atoms with Crippen LogP contribution in [0.25, 0.3) is 0 Å². The highest BCUT2D eigenvalue weighted by atomic mass is 16.6. The number of ether oxygens (including phenoxy) is 1. The number of nitrogens with zero attached hydrogens (tertiary/aromatic N) is 2. The van der Waals surface area contributed by atoms with Crippen LogP contribution in [0.4, 0.5) is 4.79 Å². The van der Waals surface area contributed by atoms with Crippen LogP contribution in [-0.4, -0.2) is 47.2 Å². The van der Waals surface area contributed by atoms with E-state index in [1.54, 1.807) is 22.5 Å². The van der Waals surface area contributed by atoms with E-state index in [1.165, 1.54) is 0 Å². The number of nitrogens with one attached hydrogen (secondary N) is 1. The smallest absolute Gasteiger partial charge is 0.409 e. The summed E-state index contributed by atoms with van der Waals surface area (Å²) in [5, 5.41) is 3.02. The first-order chi connectivity index (χ1) is 9.61. The van der Waals surface area contributed by atoms with Crippen molar-refractivity contribution in [2.75, 3.05) is 19.7 Å². The van der Waals surface area contributed by atoms with Gasteiger partial charge >= 0.3 is 6.09 Å². The molecule has 1 N–H and O–H groups in total. The summed E-state index contributed by atoms with van der Waals surface area (Å²) in [5.41, 5.74) is 0.651. The number of rotatable bonds is 3. The van der Waals surface area contributed by atoms with E-state index in [0.717, 1.165) is 12.8 Å². The van der Waals surface area contributed by atoms with Gasteiger partial charge in [0.2, 0.25) is 0 Å². The Morgan fingerprint density at radius 1 is 1.40 bits per heavy atom. The molecule has 0 atom stereocenters. The third-order valence-corrected chi connectivity index (χ3v) is 3.53. The zero-order valence-electron chi connectivity index (χ0n) is 12.0. The molecule has 6 nitrogen and oxygen atoms in total. The number of carbonyl (C=O) groups excluding carboxylic acids is 2. The molecule has 0 bridgehead atoms. The summed E-state index contributed by atoms with van der Waals surface area (Å²) < 4.78 is 6.76. The van der Waals surface area contributed by atoms with Crippen molar-refractivity contribution in [3.63, 3.8) is 0 Å². The lowest BCUT2D eigenvalue weighted by Gasteiger charge is -2.31. The summed E-state index contributed by atoms with van der Waals surface area (Å²) in [6.45, 7) is 3.43. The molecule has 1 aromatic rings. The molecule has 20 heavy (non-hydrogen) atoms. The highest BCUT2D eigenvalue weighted by Crippen LogP contribution is 2.12. The minimum atomic E-state index is -0.264. The maximum atomic E-state index is 12.1. The van der Waals surface area contributed by atoms with Gasteiger partial charge in [-0.15, -0.1) is 0 Å². The molecule has 0 aromatic carbocycles. The van der Waals surface area contributed by atoms with E-state index in [0.29, 0.717) is 25.4 Å². The zero-order chi connectivity index (χ0) is 14.5. The highest BCUT2D eigenvalue weighted by Gasteiger charge is 2.25. The van der Waals surface area contributed by atoms with Gasteiger partial charge in [0.15, 0.2) is 0 Å². The second kappa shape index (κ2) is 6.45. The average Bonchev–Trinajstić information content (AvgIpc) is 2.86. The van der Waals surface area contributed by atoms with Gasteiger partial charge < -0.3 is 19.5 Å². The number of amides is 2. The average molecular weight is 279 g/mol. The van der Waals surface area contributed by atoms with E-state index >= 15 is 0 Å². The van der Waals surface area contributed by atoms with Crippen molar-refractivity contribution in [1.29, 1.82) is 0 Å². The van der Waals surface area contributed by atoms with E-state index in [1.807, 2.05) is 19.3 Å². The molecule has 0 unspecified atom stereocenters. The molecule has 2 rings (SSSR count). The van der Waals surface area contributed by atoms with Crippen LogP contribution in [-0.2, 0) is 11.8 Å². The molecular formula is C14H21N3O3. The van der Waals surface area contributed by atoms with Crippen molar-refractivity contribution in [3.8, 4) is 0 Å². The van der Waals surface area contributed by atoms with Crippen molar-refractivity contribution < 1.29 is 14.3 Å². The SMILES string of the molecule is CCOC(=O)N1CCC(NC(=O)c2cccn2C)CC1. The summed E-state index contributed by atoms with van der Waals surface area (Å²) in [4.78, 5) is 25.3. The zero-order valence-corrected chi connectivity index (χ0v) is 12.0. The molecule has 1 aliphatic rings. The minimum Gasteiger partial charge on any atom is -0.450 e. The Bertz CT molecular complexity index is 476. The first kappa shape index (κ1) is 14.4. The van der Waals surface area contributed by atoms with E-state index in [4.69, 9.17) is 4.74 Å². The maximum Gasteiger partial charge on any atom is 0.409 e. The lowest BCUT2D eigenvalue weighted by Crippen LogP contribution is -2.46. The Hall–Kier alpha value is -1.98. The Morgan fingerprint density at radius 3 is 2.65 bits per heavy atom. The summed E-state index contributed by atoms with van der Waals surface area (Å²) in [5.74, 6) is -0.0629. The second-order valence-electron chi connectivity index (χ2n) is 4.94. The van der Waals surface area contributed by atoms with Crippen LogP contribution in [0.15, 0.2) is 18.3 Å². The van der Waals surface area contributed by atoms with Gasteiger partial charge in [-0.3, -0.25) is 4.79 Å². The first-order valence-electron chi connectivity index (χ1n) is 6.95. The molecule has 0 spiro atoms. The highest BCUT2D eigenvalue weighted by molar-refractivity contribution is 5.92. The number of hydrogen-bond acceptors (Lipinski definition) is 3. The predicted molar refractivity (Wildman–Crippen MR) is 74.5 cm³/mol. The minimum absolute atomic E-state index is 0.0629. The van der Waals surface area contributed by atoms with Gasteiger partial charge in [-0.05, 0) is 31.9 Å². The van der Waals surface area contributed by atoms with Crippen LogP contribution in [0.2, 0.25) is 0 Å².